The molecule has 0 aliphatic rings. The van der Waals surface area contributed by atoms with E-state index in [-0.39, 0.29) is 0 Å². The molecule has 0 saturated heterocycles. The van der Waals surface area contributed by atoms with Crippen molar-refractivity contribution in [1.82, 2.24) is 14.5 Å². The monoisotopic (exact) mass is 299 g/mol. The highest BCUT2D eigenvalue weighted by atomic mass is 35.5. The lowest BCUT2D eigenvalue weighted by atomic mass is 10.1. The van der Waals surface area contributed by atoms with Gasteiger partial charge in [0.2, 0.25) is 0 Å². The molecule has 0 saturated carbocycles. The van der Waals surface area contributed by atoms with Gasteiger partial charge in [-0.3, -0.25) is 0 Å². The van der Waals surface area contributed by atoms with Crippen molar-refractivity contribution in [3.63, 3.8) is 0 Å². The number of hydrogen-bond donors (Lipinski definition) is 0. The number of nitrogens with zero attached hydrogens (tertiary/aromatic N) is 3. The Hall–Kier alpha value is -0.800. The summed E-state index contributed by atoms with van der Waals surface area (Å²) in [5.41, 5.74) is 1.78. The van der Waals surface area contributed by atoms with Gasteiger partial charge in [-0.15, -0.1) is 11.6 Å². The van der Waals surface area contributed by atoms with Crippen LogP contribution in [-0.4, -0.2) is 20.4 Å². The highest BCUT2D eigenvalue weighted by molar-refractivity contribution is 6.31. The molecule has 19 heavy (non-hydrogen) atoms. The lowest BCUT2D eigenvalue weighted by Gasteiger charge is -2.19. The van der Waals surface area contributed by atoms with Gasteiger partial charge in [0.25, 0.3) is 0 Å². The zero-order valence-electron chi connectivity index (χ0n) is 11.4. The van der Waals surface area contributed by atoms with Crippen molar-refractivity contribution >= 4 is 34.4 Å². The lowest BCUT2D eigenvalue weighted by Crippen LogP contribution is -2.12. The Morgan fingerprint density at radius 3 is 2.79 bits per heavy atom. The van der Waals surface area contributed by atoms with Crippen LogP contribution in [0.5, 0.6) is 0 Å². The molecule has 2 aromatic heterocycles. The van der Waals surface area contributed by atoms with Gasteiger partial charge >= 0.3 is 0 Å². The second kappa shape index (κ2) is 6.58. The molecule has 1 atom stereocenters. The largest absolute Gasteiger partial charge is 0.310 e. The van der Waals surface area contributed by atoms with E-state index in [1.54, 1.807) is 6.20 Å². The number of aromatic nitrogens is 3. The summed E-state index contributed by atoms with van der Waals surface area (Å²) in [6.45, 7) is 4.40. The van der Waals surface area contributed by atoms with E-state index in [1.807, 2.05) is 6.07 Å². The van der Waals surface area contributed by atoms with E-state index in [9.17, 15) is 0 Å². The van der Waals surface area contributed by atoms with Crippen LogP contribution in [0, 0.1) is 0 Å². The summed E-state index contributed by atoms with van der Waals surface area (Å²) in [5, 5.41) is 0.623. The molecular formula is C14H19Cl2N3. The SMILES string of the molecule is CCCC(CC)n1c(CCCl)nc2cc(Cl)cnc21. The van der Waals surface area contributed by atoms with Crippen LogP contribution in [0.15, 0.2) is 12.3 Å². The molecule has 104 valence electrons. The van der Waals surface area contributed by atoms with Gasteiger partial charge in [0.05, 0.1) is 5.02 Å². The molecule has 0 bridgehead atoms. The molecule has 3 nitrogen and oxygen atoms in total. The Morgan fingerprint density at radius 2 is 2.16 bits per heavy atom. The van der Waals surface area contributed by atoms with E-state index in [0.717, 1.165) is 42.7 Å². The Labute approximate surface area is 123 Å². The first-order chi connectivity index (χ1) is 9.21. The van der Waals surface area contributed by atoms with E-state index in [1.165, 1.54) is 0 Å². The molecule has 0 aliphatic heterocycles. The highest BCUT2D eigenvalue weighted by Gasteiger charge is 2.18. The third-order valence-corrected chi connectivity index (χ3v) is 3.74. The minimum Gasteiger partial charge on any atom is -0.310 e. The van der Waals surface area contributed by atoms with Crippen LogP contribution >= 0.6 is 23.2 Å². The Balaban J connectivity index is 2.56. The molecule has 0 fully saturated rings. The van der Waals surface area contributed by atoms with Gasteiger partial charge in [-0.25, -0.2) is 9.97 Å². The number of fused-ring (bicyclic) bond motifs is 1. The number of halogens is 2. The molecule has 2 aromatic rings. The average Bonchev–Trinajstić information content (AvgIpc) is 2.73. The maximum Gasteiger partial charge on any atom is 0.160 e. The van der Waals surface area contributed by atoms with Crippen LogP contribution < -0.4 is 0 Å². The molecule has 0 aliphatic carbocycles. The topological polar surface area (TPSA) is 30.7 Å². The first-order valence-corrected chi connectivity index (χ1v) is 7.70. The molecule has 5 heteroatoms. The maximum atomic E-state index is 5.99. The van der Waals surface area contributed by atoms with Crippen LogP contribution in [0.2, 0.25) is 5.02 Å². The smallest absolute Gasteiger partial charge is 0.160 e. The number of aryl methyl sites for hydroxylation is 1. The van der Waals surface area contributed by atoms with Gasteiger partial charge in [-0.1, -0.05) is 31.9 Å². The normalized spacial score (nSPS) is 13.1. The van der Waals surface area contributed by atoms with Gasteiger partial charge in [-0.05, 0) is 18.9 Å². The van der Waals surface area contributed by atoms with Gasteiger partial charge in [0, 0.05) is 24.5 Å². The molecule has 1 unspecified atom stereocenters. The lowest BCUT2D eigenvalue weighted by molar-refractivity contribution is 0.443. The number of rotatable bonds is 6. The highest BCUT2D eigenvalue weighted by Crippen LogP contribution is 2.27. The molecule has 2 heterocycles. The predicted molar refractivity (Wildman–Crippen MR) is 81.2 cm³/mol. The van der Waals surface area contributed by atoms with Crippen LogP contribution in [0.1, 0.15) is 45.0 Å². The van der Waals surface area contributed by atoms with Gasteiger partial charge in [-0.2, -0.15) is 0 Å². The third-order valence-electron chi connectivity index (χ3n) is 3.35. The van der Waals surface area contributed by atoms with Gasteiger partial charge in [0.1, 0.15) is 11.3 Å². The van der Waals surface area contributed by atoms with Crippen molar-refractivity contribution < 1.29 is 0 Å². The van der Waals surface area contributed by atoms with Gasteiger partial charge < -0.3 is 4.57 Å². The van der Waals surface area contributed by atoms with Crippen LogP contribution in [0.3, 0.4) is 0 Å². The standard InChI is InChI=1S/C14H19Cl2N3/c1-3-5-11(4-2)19-13(6-7-15)18-12-8-10(16)9-17-14(12)19/h8-9,11H,3-7H2,1-2H3. The summed E-state index contributed by atoms with van der Waals surface area (Å²) in [7, 11) is 0. The molecule has 0 amide bonds. The van der Waals surface area contributed by atoms with E-state index in [0.29, 0.717) is 16.9 Å². The zero-order chi connectivity index (χ0) is 13.8. The van der Waals surface area contributed by atoms with E-state index in [2.05, 4.69) is 28.4 Å². The second-order valence-electron chi connectivity index (χ2n) is 4.68. The van der Waals surface area contributed by atoms with Crippen LogP contribution in [0.4, 0.5) is 0 Å². The quantitative estimate of drug-likeness (QED) is 0.729. The average molecular weight is 300 g/mol. The van der Waals surface area contributed by atoms with Crippen molar-refractivity contribution in [2.75, 3.05) is 5.88 Å². The van der Waals surface area contributed by atoms with E-state index >= 15 is 0 Å². The zero-order valence-corrected chi connectivity index (χ0v) is 12.9. The first kappa shape index (κ1) is 14.6. The summed E-state index contributed by atoms with van der Waals surface area (Å²) < 4.78 is 2.25. The predicted octanol–water partition coefficient (Wildman–Crippen LogP) is 4.62. The van der Waals surface area contributed by atoms with Crippen molar-refractivity contribution in [2.24, 2.45) is 0 Å². The molecule has 0 spiro atoms. The summed E-state index contributed by atoms with van der Waals surface area (Å²) in [6, 6.07) is 2.30. The number of hydrogen-bond acceptors (Lipinski definition) is 2. The fourth-order valence-electron chi connectivity index (χ4n) is 2.50. The van der Waals surface area contributed by atoms with Crippen molar-refractivity contribution in [3.05, 3.63) is 23.1 Å². The number of imidazole rings is 1. The van der Waals surface area contributed by atoms with Gasteiger partial charge in [0.15, 0.2) is 5.65 Å². The minimum absolute atomic E-state index is 0.432. The summed E-state index contributed by atoms with van der Waals surface area (Å²) >= 11 is 11.9. The molecule has 0 aromatic carbocycles. The summed E-state index contributed by atoms with van der Waals surface area (Å²) in [6.07, 6.45) is 5.79. The van der Waals surface area contributed by atoms with Crippen molar-refractivity contribution in [1.29, 1.82) is 0 Å². The third kappa shape index (κ3) is 3.03. The number of alkyl halides is 1. The summed E-state index contributed by atoms with van der Waals surface area (Å²) in [4.78, 5) is 9.11. The van der Waals surface area contributed by atoms with Crippen LogP contribution in [-0.2, 0) is 6.42 Å². The fraction of sp³-hybridized carbons (Fsp3) is 0.571. The van der Waals surface area contributed by atoms with Crippen molar-refractivity contribution in [3.8, 4) is 0 Å². The molecule has 0 radical (unpaired) electrons. The minimum atomic E-state index is 0.432. The first-order valence-electron chi connectivity index (χ1n) is 6.79. The molecular weight excluding hydrogens is 281 g/mol. The second-order valence-corrected chi connectivity index (χ2v) is 5.50. The Morgan fingerprint density at radius 1 is 1.37 bits per heavy atom. The summed E-state index contributed by atoms with van der Waals surface area (Å²) in [5.74, 6) is 1.58. The fourth-order valence-corrected chi connectivity index (χ4v) is 2.82. The molecule has 0 N–H and O–H groups in total. The Kier molecular flexibility index (Phi) is 5.06. The Bertz CT molecular complexity index is 551. The van der Waals surface area contributed by atoms with Crippen molar-refractivity contribution in [2.45, 2.75) is 45.6 Å². The molecule has 2 rings (SSSR count). The van der Waals surface area contributed by atoms with Crippen LogP contribution in [0.25, 0.3) is 11.2 Å². The van der Waals surface area contributed by atoms with E-state index in [4.69, 9.17) is 23.2 Å². The maximum absolute atomic E-state index is 5.99. The van der Waals surface area contributed by atoms with E-state index < -0.39 is 0 Å². The number of pyridine rings is 1.